The summed E-state index contributed by atoms with van der Waals surface area (Å²) in [5, 5.41) is 4.54. The van der Waals surface area contributed by atoms with E-state index in [0.29, 0.717) is 27.9 Å². The Bertz CT molecular complexity index is 1330. The molecule has 0 N–H and O–H groups in total. The maximum absolute atomic E-state index is 12.9. The van der Waals surface area contributed by atoms with Crippen LogP contribution in [0.25, 0.3) is 22.3 Å². The summed E-state index contributed by atoms with van der Waals surface area (Å²) in [6.45, 7) is 5.53. The first-order valence-electron chi connectivity index (χ1n) is 10.2. The molecule has 33 heavy (non-hydrogen) atoms. The fraction of sp³-hybridized carbons (Fsp3) is 0.409. The molecule has 1 aliphatic heterocycles. The number of ketones is 1. The number of sulfone groups is 1. The first kappa shape index (κ1) is 23.2. The molecular formula is C22H22F3N3O4S. The topological polar surface area (TPSA) is 91.2 Å². The Kier molecular flexibility index (Phi) is 5.50. The number of aromatic nitrogens is 3. The lowest BCUT2D eigenvalue weighted by Gasteiger charge is -2.37. The Morgan fingerprint density at radius 3 is 2.55 bits per heavy atom. The summed E-state index contributed by atoms with van der Waals surface area (Å²) < 4.78 is 66.6. The SMILES string of the molecule is CC(C)n1nc(-c2cccc(OC(F)(F)F)c2)c2ncc(C(=O)CC3(C)CS(=O)(=O)C3)cc21. The monoisotopic (exact) mass is 481 g/mol. The van der Waals surface area contributed by atoms with Gasteiger partial charge in [0.1, 0.15) is 17.0 Å². The molecule has 0 saturated carbocycles. The highest BCUT2D eigenvalue weighted by molar-refractivity contribution is 7.92. The highest BCUT2D eigenvalue weighted by atomic mass is 32.2. The quantitative estimate of drug-likeness (QED) is 0.479. The average molecular weight is 481 g/mol. The maximum atomic E-state index is 12.9. The molecule has 0 aliphatic carbocycles. The molecule has 176 valence electrons. The first-order chi connectivity index (χ1) is 15.3. The predicted molar refractivity (Wildman–Crippen MR) is 116 cm³/mol. The number of carbonyl (C=O) groups is 1. The van der Waals surface area contributed by atoms with Gasteiger partial charge in [-0.1, -0.05) is 19.1 Å². The summed E-state index contributed by atoms with van der Waals surface area (Å²) >= 11 is 0. The fourth-order valence-corrected chi connectivity index (χ4v) is 6.45. The smallest absolute Gasteiger partial charge is 0.406 e. The van der Waals surface area contributed by atoms with Crippen molar-refractivity contribution < 1.29 is 31.1 Å². The number of halogens is 3. The first-order valence-corrected chi connectivity index (χ1v) is 12.1. The fourth-order valence-electron chi connectivity index (χ4n) is 4.21. The Balaban J connectivity index is 1.71. The van der Waals surface area contributed by atoms with Gasteiger partial charge in [0, 0.05) is 35.2 Å². The number of ether oxygens (including phenoxy) is 1. The number of hydrogen-bond acceptors (Lipinski definition) is 6. The number of nitrogens with zero attached hydrogens (tertiary/aromatic N) is 3. The Morgan fingerprint density at radius 1 is 1.24 bits per heavy atom. The van der Waals surface area contributed by atoms with Gasteiger partial charge in [-0.15, -0.1) is 13.2 Å². The highest BCUT2D eigenvalue weighted by Crippen LogP contribution is 2.37. The van der Waals surface area contributed by atoms with Crippen LogP contribution in [0.2, 0.25) is 0 Å². The molecule has 3 heterocycles. The van der Waals surface area contributed by atoms with Crippen molar-refractivity contribution in [1.82, 2.24) is 14.8 Å². The summed E-state index contributed by atoms with van der Waals surface area (Å²) in [6.07, 6.45) is -3.34. The number of fused-ring (bicyclic) bond motifs is 1. The highest BCUT2D eigenvalue weighted by Gasteiger charge is 2.45. The van der Waals surface area contributed by atoms with Crippen LogP contribution in [0.1, 0.15) is 43.6 Å². The molecule has 2 aromatic heterocycles. The van der Waals surface area contributed by atoms with E-state index in [4.69, 9.17) is 0 Å². The van der Waals surface area contributed by atoms with Crippen LogP contribution in [0.15, 0.2) is 36.5 Å². The minimum Gasteiger partial charge on any atom is -0.406 e. The lowest BCUT2D eigenvalue weighted by molar-refractivity contribution is -0.274. The second kappa shape index (κ2) is 7.82. The van der Waals surface area contributed by atoms with E-state index in [9.17, 15) is 26.4 Å². The van der Waals surface area contributed by atoms with E-state index >= 15 is 0 Å². The van der Waals surface area contributed by atoms with Crippen LogP contribution in [-0.2, 0) is 9.84 Å². The van der Waals surface area contributed by atoms with Gasteiger partial charge in [0.2, 0.25) is 0 Å². The number of benzene rings is 1. The third-order valence-electron chi connectivity index (χ3n) is 5.42. The number of carbonyl (C=O) groups excluding carboxylic acids is 1. The Labute approximate surface area is 188 Å². The van der Waals surface area contributed by atoms with Gasteiger partial charge in [0.05, 0.1) is 17.0 Å². The van der Waals surface area contributed by atoms with Crippen molar-refractivity contribution in [3.05, 3.63) is 42.1 Å². The molecule has 1 aromatic carbocycles. The average Bonchev–Trinajstić information content (AvgIpc) is 3.04. The summed E-state index contributed by atoms with van der Waals surface area (Å²) in [5.41, 5.74) is 1.48. The summed E-state index contributed by atoms with van der Waals surface area (Å²) in [4.78, 5) is 17.3. The van der Waals surface area contributed by atoms with E-state index in [-0.39, 0.29) is 35.5 Å². The van der Waals surface area contributed by atoms with Crippen LogP contribution in [0.5, 0.6) is 5.75 Å². The van der Waals surface area contributed by atoms with Gasteiger partial charge in [0.25, 0.3) is 0 Å². The third kappa shape index (κ3) is 4.87. The van der Waals surface area contributed by atoms with Crippen LogP contribution >= 0.6 is 0 Å². The zero-order chi connectivity index (χ0) is 24.2. The van der Waals surface area contributed by atoms with E-state index in [0.717, 1.165) is 0 Å². The van der Waals surface area contributed by atoms with Crippen LogP contribution in [0, 0.1) is 5.41 Å². The van der Waals surface area contributed by atoms with Gasteiger partial charge in [-0.3, -0.25) is 14.5 Å². The molecule has 7 nitrogen and oxygen atoms in total. The Hall–Kier alpha value is -2.95. The minimum atomic E-state index is -4.82. The van der Waals surface area contributed by atoms with Crippen LogP contribution < -0.4 is 4.74 Å². The lowest BCUT2D eigenvalue weighted by atomic mass is 9.86. The van der Waals surface area contributed by atoms with Gasteiger partial charge in [-0.2, -0.15) is 5.10 Å². The zero-order valence-electron chi connectivity index (χ0n) is 18.2. The number of hydrogen-bond donors (Lipinski definition) is 0. The second-order valence-electron chi connectivity index (χ2n) is 9.00. The van der Waals surface area contributed by atoms with Crippen molar-refractivity contribution in [2.75, 3.05) is 11.5 Å². The number of Topliss-reactive ketones (excluding diaryl/α,β-unsaturated/α-hetero) is 1. The van der Waals surface area contributed by atoms with Crippen LogP contribution in [0.3, 0.4) is 0 Å². The van der Waals surface area contributed by atoms with Crippen molar-refractivity contribution in [2.45, 2.75) is 39.6 Å². The van der Waals surface area contributed by atoms with E-state index in [1.807, 2.05) is 13.8 Å². The van der Waals surface area contributed by atoms with Crippen molar-refractivity contribution in [2.24, 2.45) is 5.41 Å². The number of alkyl halides is 3. The van der Waals surface area contributed by atoms with E-state index in [1.54, 1.807) is 23.7 Å². The summed E-state index contributed by atoms with van der Waals surface area (Å²) in [5.74, 6) is -0.638. The molecule has 0 radical (unpaired) electrons. The molecule has 0 bridgehead atoms. The molecule has 1 saturated heterocycles. The zero-order valence-corrected chi connectivity index (χ0v) is 19.0. The molecule has 0 atom stereocenters. The van der Waals surface area contributed by atoms with Crippen LogP contribution in [0.4, 0.5) is 13.2 Å². The van der Waals surface area contributed by atoms with Crippen molar-refractivity contribution in [3.63, 3.8) is 0 Å². The van der Waals surface area contributed by atoms with Crippen LogP contribution in [-0.4, -0.2) is 46.8 Å². The van der Waals surface area contributed by atoms with Crippen molar-refractivity contribution in [3.8, 4) is 17.0 Å². The number of rotatable bonds is 6. The standard InChI is InChI=1S/C22H22F3N3O4S/c1-13(2)28-17-8-15(18(29)9-21(3)11-33(30,31)12-21)10-26-20(17)19(27-28)14-5-4-6-16(7-14)32-22(23,24)25/h4-8,10,13H,9,11-12H2,1-3H3. The van der Waals surface area contributed by atoms with E-state index in [2.05, 4.69) is 14.8 Å². The molecule has 4 rings (SSSR count). The normalized spacial score (nSPS) is 17.2. The minimum absolute atomic E-state index is 0.0220. The lowest BCUT2D eigenvalue weighted by Crippen LogP contribution is -2.47. The molecular weight excluding hydrogens is 459 g/mol. The summed E-state index contributed by atoms with van der Waals surface area (Å²) in [7, 11) is -3.07. The summed E-state index contributed by atoms with van der Waals surface area (Å²) in [6, 6.07) is 7.00. The number of pyridine rings is 1. The van der Waals surface area contributed by atoms with E-state index < -0.39 is 21.6 Å². The molecule has 0 unspecified atom stereocenters. The largest absolute Gasteiger partial charge is 0.573 e. The van der Waals surface area contributed by atoms with Gasteiger partial charge >= 0.3 is 6.36 Å². The molecule has 1 aliphatic rings. The van der Waals surface area contributed by atoms with Gasteiger partial charge in [-0.25, -0.2) is 8.42 Å². The van der Waals surface area contributed by atoms with Crippen molar-refractivity contribution in [1.29, 1.82) is 0 Å². The predicted octanol–water partition coefficient (Wildman–Crippen LogP) is 4.59. The van der Waals surface area contributed by atoms with Gasteiger partial charge in [-0.05, 0) is 32.0 Å². The molecule has 1 fully saturated rings. The maximum Gasteiger partial charge on any atom is 0.573 e. The second-order valence-corrected chi connectivity index (χ2v) is 11.1. The molecule has 0 amide bonds. The molecule has 0 spiro atoms. The third-order valence-corrected chi connectivity index (χ3v) is 7.70. The van der Waals surface area contributed by atoms with Crippen molar-refractivity contribution >= 4 is 26.7 Å². The molecule has 3 aromatic rings. The van der Waals surface area contributed by atoms with Gasteiger partial charge < -0.3 is 4.74 Å². The Morgan fingerprint density at radius 2 is 1.94 bits per heavy atom. The van der Waals surface area contributed by atoms with Gasteiger partial charge in [0.15, 0.2) is 15.6 Å². The van der Waals surface area contributed by atoms with E-state index in [1.165, 1.54) is 24.4 Å². The molecule has 11 heteroatoms.